The SMILES string of the molecule is CC(O)(CC1CCC1)C1(C#N)CCCOC1. The monoisotopic (exact) mass is 223 g/mol. The number of rotatable bonds is 3. The summed E-state index contributed by atoms with van der Waals surface area (Å²) in [7, 11) is 0. The maximum Gasteiger partial charge on any atom is 0.109 e. The third-order valence-corrected chi connectivity index (χ3v) is 4.40. The molecule has 1 heterocycles. The van der Waals surface area contributed by atoms with Gasteiger partial charge >= 0.3 is 0 Å². The Kier molecular flexibility index (Phi) is 3.23. The highest BCUT2D eigenvalue weighted by Gasteiger charge is 2.50. The Labute approximate surface area is 97.4 Å². The molecule has 2 fully saturated rings. The lowest BCUT2D eigenvalue weighted by Gasteiger charge is -2.45. The van der Waals surface area contributed by atoms with Crippen molar-refractivity contribution in [1.29, 1.82) is 5.26 Å². The molecule has 1 aliphatic carbocycles. The van der Waals surface area contributed by atoms with E-state index >= 15 is 0 Å². The van der Waals surface area contributed by atoms with Crippen LogP contribution in [0.25, 0.3) is 0 Å². The molecule has 2 atom stereocenters. The largest absolute Gasteiger partial charge is 0.388 e. The standard InChI is InChI=1S/C13H21NO2/c1-12(15,8-11-4-2-5-11)13(9-14)6-3-7-16-10-13/h11,15H,2-8,10H2,1H3. The van der Waals surface area contributed by atoms with E-state index in [-0.39, 0.29) is 0 Å². The molecule has 1 aliphatic heterocycles. The van der Waals surface area contributed by atoms with Crippen molar-refractivity contribution in [3.63, 3.8) is 0 Å². The van der Waals surface area contributed by atoms with Crippen LogP contribution in [0.3, 0.4) is 0 Å². The van der Waals surface area contributed by atoms with Crippen molar-refractivity contribution in [3.8, 4) is 6.07 Å². The minimum atomic E-state index is -0.896. The predicted octanol–water partition coefficient (Wildman–Crippen LogP) is 2.25. The molecule has 0 spiro atoms. The van der Waals surface area contributed by atoms with Crippen LogP contribution in [0.15, 0.2) is 0 Å². The Morgan fingerprint density at radius 2 is 2.25 bits per heavy atom. The molecule has 2 aliphatic rings. The van der Waals surface area contributed by atoms with Crippen molar-refractivity contribution in [2.24, 2.45) is 11.3 Å². The molecule has 0 radical (unpaired) electrons. The van der Waals surface area contributed by atoms with Crippen molar-refractivity contribution in [3.05, 3.63) is 0 Å². The number of nitriles is 1. The second-order valence-corrected chi connectivity index (χ2v) is 5.62. The molecule has 1 saturated heterocycles. The number of aliphatic hydroxyl groups is 1. The highest BCUT2D eigenvalue weighted by Crippen LogP contribution is 2.45. The van der Waals surface area contributed by atoms with Crippen LogP contribution in [0.2, 0.25) is 0 Å². The lowest BCUT2D eigenvalue weighted by atomic mass is 9.64. The normalized spacial score (nSPS) is 34.8. The summed E-state index contributed by atoms with van der Waals surface area (Å²) in [6, 6.07) is 2.34. The molecule has 0 aromatic heterocycles. The van der Waals surface area contributed by atoms with Crippen molar-refractivity contribution in [2.75, 3.05) is 13.2 Å². The van der Waals surface area contributed by atoms with Gasteiger partial charge in [0.25, 0.3) is 0 Å². The van der Waals surface area contributed by atoms with E-state index in [4.69, 9.17) is 4.74 Å². The maximum absolute atomic E-state index is 10.6. The second kappa shape index (κ2) is 4.35. The van der Waals surface area contributed by atoms with Gasteiger partial charge in [-0.15, -0.1) is 0 Å². The van der Waals surface area contributed by atoms with E-state index in [9.17, 15) is 10.4 Å². The molecule has 2 rings (SSSR count). The van der Waals surface area contributed by atoms with E-state index in [1.807, 2.05) is 6.92 Å². The molecule has 16 heavy (non-hydrogen) atoms. The number of nitrogens with zero attached hydrogens (tertiary/aromatic N) is 1. The molecule has 90 valence electrons. The van der Waals surface area contributed by atoms with E-state index in [1.165, 1.54) is 19.3 Å². The van der Waals surface area contributed by atoms with Gasteiger partial charge in [-0.3, -0.25) is 0 Å². The fraction of sp³-hybridized carbons (Fsp3) is 0.923. The van der Waals surface area contributed by atoms with Crippen LogP contribution < -0.4 is 0 Å². The summed E-state index contributed by atoms with van der Waals surface area (Å²) in [6.45, 7) is 2.94. The van der Waals surface area contributed by atoms with Gasteiger partial charge in [0.15, 0.2) is 0 Å². The summed E-state index contributed by atoms with van der Waals surface area (Å²) in [6.07, 6.45) is 6.09. The first kappa shape index (κ1) is 11.9. The molecule has 0 amide bonds. The zero-order chi connectivity index (χ0) is 11.6. The first-order chi connectivity index (χ1) is 7.60. The van der Waals surface area contributed by atoms with E-state index in [0.29, 0.717) is 12.5 Å². The van der Waals surface area contributed by atoms with Gasteiger partial charge in [0, 0.05) is 6.61 Å². The van der Waals surface area contributed by atoms with Crippen molar-refractivity contribution in [1.82, 2.24) is 0 Å². The van der Waals surface area contributed by atoms with Crippen LogP contribution in [0.1, 0.15) is 45.4 Å². The predicted molar refractivity (Wildman–Crippen MR) is 60.7 cm³/mol. The van der Waals surface area contributed by atoms with Crippen LogP contribution in [0.4, 0.5) is 0 Å². The summed E-state index contributed by atoms with van der Waals surface area (Å²) < 4.78 is 5.41. The summed E-state index contributed by atoms with van der Waals surface area (Å²) in [5.41, 5.74) is -1.58. The zero-order valence-electron chi connectivity index (χ0n) is 10.0. The minimum absolute atomic E-state index is 0.392. The Morgan fingerprint density at radius 3 is 2.69 bits per heavy atom. The Balaban J connectivity index is 2.08. The highest BCUT2D eigenvalue weighted by molar-refractivity contribution is 5.11. The Bertz CT molecular complexity index is 283. The topological polar surface area (TPSA) is 53.2 Å². The first-order valence-corrected chi connectivity index (χ1v) is 6.31. The number of hydrogen-bond acceptors (Lipinski definition) is 3. The summed E-state index contributed by atoms with van der Waals surface area (Å²) in [4.78, 5) is 0. The van der Waals surface area contributed by atoms with E-state index < -0.39 is 11.0 Å². The summed E-state index contributed by atoms with van der Waals surface area (Å²) in [5, 5.41) is 20.0. The molecule has 3 nitrogen and oxygen atoms in total. The average molecular weight is 223 g/mol. The molecule has 0 bridgehead atoms. The van der Waals surface area contributed by atoms with Gasteiger partial charge < -0.3 is 9.84 Å². The van der Waals surface area contributed by atoms with Crippen molar-refractivity contribution >= 4 is 0 Å². The summed E-state index contributed by atoms with van der Waals surface area (Å²) >= 11 is 0. The maximum atomic E-state index is 10.6. The molecular weight excluding hydrogens is 202 g/mol. The fourth-order valence-electron chi connectivity index (χ4n) is 2.88. The Morgan fingerprint density at radius 1 is 1.50 bits per heavy atom. The van der Waals surface area contributed by atoms with E-state index in [0.717, 1.165) is 25.9 Å². The highest BCUT2D eigenvalue weighted by atomic mass is 16.5. The van der Waals surface area contributed by atoms with Crippen LogP contribution in [-0.2, 0) is 4.74 Å². The fourth-order valence-corrected chi connectivity index (χ4v) is 2.88. The molecular formula is C13H21NO2. The smallest absolute Gasteiger partial charge is 0.109 e. The Hall–Kier alpha value is -0.590. The zero-order valence-corrected chi connectivity index (χ0v) is 10.0. The van der Waals surface area contributed by atoms with Gasteiger partial charge in [-0.1, -0.05) is 19.3 Å². The van der Waals surface area contributed by atoms with Gasteiger partial charge in [0.2, 0.25) is 0 Å². The van der Waals surface area contributed by atoms with Crippen molar-refractivity contribution in [2.45, 2.75) is 51.0 Å². The van der Waals surface area contributed by atoms with Crippen LogP contribution in [0.5, 0.6) is 0 Å². The quantitative estimate of drug-likeness (QED) is 0.798. The van der Waals surface area contributed by atoms with E-state index in [2.05, 4.69) is 6.07 Å². The molecule has 3 heteroatoms. The molecule has 1 saturated carbocycles. The van der Waals surface area contributed by atoms with Crippen molar-refractivity contribution < 1.29 is 9.84 Å². The third-order valence-electron chi connectivity index (χ3n) is 4.40. The second-order valence-electron chi connectivity index (χ2n) is 5.62. The van der Waals surface area contributed by atoms with E-state index in [1.54, 1.807) is 0 Å². The summed E-state index contributed by atoms with van der Waals surface area (Å²) in [5.74, 6) is 0.613. The van der Waals surface area contributed by atoms with Gasteiger partial charge in [-0.25, -0.2) is 0 Å². The van der Waals surface area contributed by atoms with Gasteiger partial charge in [-0.05, 0) is 32.1 Å². The van der Waals surface area contributed by atoms with Crippen LogP contribution in [0, 0.1) is 22.7 Å². The van der Waals surface area contributed by atoms with Gasteiger partial charge in [-0.2, -0.15) is 5.26 Å². The number of ether oxygens (including phenoxy) is 1. The average Bonchev–Trinajstić information content (AvgIpc) is 2.24. The third kappa shape index (κ3) is 1.97. The first-order valence-electron chi connectivity index (χ1n) is 6.31. The van der Waals surface area contributed by atoms with Crippen LogP contribution >= 0.6 is 0 Å². The van der Waals surface area contributed by atoms with Crippen LogP contribution in [-0.4, -0.2) is 23.9 Å². The molecule has 1 N–H and O–H groups in total. The van der Waals surface area contributed by atoms with Gasteiger partial charge in [0.05, 0.1) is 18.3 Å². The lowest BCUT2D eigenvalue weighted by Crippen LogP contribution is -2.51. The minimum Gasteiger partial charge on any atom is -0.388 e. The van der Waals surface area contributed by atoms with Gasteiger partial charge in [0.1, 0.15) is 5.41 Å². The molecule has 2 unspecified atom stereocenters. The number of hydrogen-bond donors (Lipinski definition) is 1. The lowest BCUT2D eigenvalue weighted by molar-refractivity contribution is -0.122. The molecule has 0 aromatic rings. The molecule has 0 aromatic carbocycles.